The predicted molar refractivity (Wildman–Crippen MR) is 112 cm³/mol. The van der Waals surface area contributed by atoms with E-state index in [0.717, 1.165) is 49.5 Å². The molecule has 2 aromatic carbocycles. The van der Waals surface area contributed by atoms with Crippen LogP contribution in [0.15, 0.2) is 48.5 Å². The molecule has 0 aliphatic carbocycles. The van der Waals surface area contributed by atoms with Gasteiger partial charge < -0.3 is 15.2 Å². The molecule has 1 fully saturated rings. The van der Waals surface area contributed by atoms with Crippen molar-refractivity contribution in [2.24, 2.45) is 5.92 Å². The minimum atomic E-state index is -0.00411. The Labute approximate surface area is 166 Å². The van der Waals surface area contributed by atoms with Crippen molar-refractivity contribution >= 4 is 16.9 Å². The van der Waals surface area contributed by atoms with Gasteiger partial charge in [-0.2, -0.15) is 0 Å². The first-order valence-corrected chi connectivity index (χ1v) is 10.2. The van der Waals surface area contributed by atoms with Crippen molar-refractivity contribution in [2.45, 2.75) is 26.2 Å². The van der Waals surface area contributed by atoms with Crippen LogP contribution in [0.4, 0.5) is 0 Å². The van der Waals surface area contributed by atoms with E-state index in [0.29, 0.717) is 11.5 Å². The van der Waals surface area contributed by atoms with Crippen LogP contribution >= 0.6 is 0 Å². The number of aromatic amines is 1. The van der Waals surface area contributed by atoms with Gasteiger partial charge in [-0.15, -0.1) is 0 Å². The molecule has 0 bridgehead atoms. The number of piperidine rings is 1. The maximum Gasteiger partial charge on any atom is 0.251 e. The molecule has 0 radical (unpaired) electrons. The standard InChI is InChI=1S/C23H28N4O/c1-17-25-21-10-9-20(14-22(21)26-17)23(28)24-15-19-8-5-12-27(16-19)13-11-18-6-3-2-4-7-18/h2-4,6-7,9-10,14,19H,5,8,11-13,15-16H2,1H3,(H,24,28)(H,25,26)/t19-/m0/s1. The van der Waals surface area contributed by atoms with E-state index >= 15 is 0 Å². The second-order valence-corrected chi connectivity index (χ2v) is 7.81. The fourth-order valence-electron chi connectivity index (χ4n) is 4.07. The molecular weight excluding hydrogens is 348 g/mol. The lowest BCUT2D eigenvalue weighted by Gasteiger charge is -2.32. The molecule has 1 aliphatic rings. The topological polar surface area (TPSA) is 61.0 Å². The minimum Gasteiger partial charge on any atom is -0.352 e. The van der Waals surface area contributed by atoms with Gasteiger partial charge in [-0.05, 0) is 62.4 Å². The third-order valence-electron chi connectivity index (χ3n) is 5.58. The quantitative estimate of drug-likeness (QED) is 0.692. The number of nitrogens with one attached hydrogen (secondary N) is 2. The summed E-state index contributed by atoms with van der Waals surface area (Å²) >= 11 is 0. The van der Waals surface area contributed by atoms with Crippen LogP contribution in [-0.2, 0) is 6.42 Å². The third-order valence-corrected chi connectivity index (χ3v) is 5.58. The van der Waals surface area contributed by atoms with Crippen molar-refractivity contribution in [1.82, 2.24) is 20.2 Å². The molecular formula is C23H28N4O. The summed E-state index contributed by atoms with van der Waals surface area (Å²) in [6.07, 6.45) is 3.47. The first-order chi connectivity index (χ1) is 13.7. The van der Waals surface area contributed by atoms with Crippen molar-refractivity contribution < 1.29 is 4.79 Å². The van der Waals surface area contributed by atoms with E-state index < -0.39 is 0 Å². The Balaban J connectivity index is 1.28. The maximum atomic E-state index is 12.6. The highest BCUT2D eigenvalue weighted by Crippen LogP contribution is 2.17. The molecule has 1 aliphatic heterocycles. The van der Waals surface area contributed by atoms with Crippen molar-refractivity contribution in [3.8, 4) is 0 Å². The second-order valence-electron chi connectivity index (χ2n) is 7.81. The zero-order chi connectivity index (χ0) is 19.3. The Hall–Kier alpha value is -2.66. The third kappa shape index (κ3) is 4.60. The highest BCUT2D eigenvalue weighted by atomic mass is 16.1. The summed E-state index contributed by atoms with van der Waals surface area (Å²) in [6.45, 7) is 5.97. The number of imidazole rings is 1. The summed E-state index contributed by atoms with van der Waals surface area (Å²) in [5.41, 5.74) is 3.89. The molecule has 28 heavy (non-hydrogen) atoms. The Morgan fingerprint density at radius 2 is 2.11 bits per heavy atom. The summed E-state index contributed by atoms with van der Waals surface area (Å²) < 4.78 is 0. The number of hydrogen-bond acceptors (Lipinski definition) is 3. The molecule has 2 N–H and O–H groups in total. The second kappa shape index (κ2) is 8.57. The van der Waals surface area contributed by atoms with Gasteiger partial charge in [0.2, 0.25) is 0 Å². The first kappa shape index (κ1) is 18.7. The van der Waals surface area contributed by atoms with Gasteiger partial charge in [-0.1, -0.05) is 30.3 Å². The lowest BCUT2D eigenvalue weighted by Crippen LogP contribution is -2.41. The highest BCUT2D eigenvalue weighted by molar-refractivity contribution is 5.97. The largest absolute Gasteiger partial charge is 0.352 e. The van der Waals surface area contributed by atoms with Gasteiger partial charge in [-0.3, -0.25) is 4.79 Å². The molecule has 0 unspecified atom stereocenters. The lowest BCUT2D eigenvalue weighted by atomic mass is 9.97. The maximum absolute atomic E-state index is 12.6. The number of amides is 1. The van der Waals surface area contributed by atoms with Crippen molar-refractivity contribution in [3.05, 3.63) is 65.5 Å². The molecule has 5 nitrogen and oxygen atoms in total. The molecule has 0 saturated carbocycles. The van der Waals surface area contributed by atoms with E-state index in [-0.39, 0.29) is 5.91 Å². The zero-order valence-electron chi connectivity index (χ0n) is 16.4. The molecule has 3 aromatic rings. The molecule has 2 heterocycles. The van der Waals surface area contributed by atoms with Crippen LogP contribution in [0, 0.1) is 12.8 Å². The number of H-pyrrole nitrogens is 1. The molecule has 1 amide bonds. The smallest absolute Gasteiger partial charge is 0.251 e. The summed E-state index contributed by atoms with van der Waals surface area (Å²) in [6, 6.07) is 16.3. The number of hydrogen-bond donors (Lipinski definition) is 2. The first-order valence-electron chi connectivity index (χ1n) is 10.2. The molecule has 5 heteroatoms. The fourth-order valence-corrected chi connectivity index (χ4v) is 4.07. The summed E-state index contributed by atoms with van der Waals surface area (Å²) in [7, 11) is 0. The van der Waals surface area contributed by atoms with Gasteiger partial charge in [0.05, 0.1) is 11.0 Å². The molecule has 0 spiro atoms. The average Bonchev–Trinajstić information content (AvgIpc) is 3.11. The summed E-state index contributed by atoms with van der Waals surface area (Å²) in [5, 5.41) is 3.13. The van der Waals surface area contributed by atoms with Crippen LogP contribution in [0.5, 0.6) is 0 Å². The number of aryl methyl sites for hydroxylation is 1. The molecule has 1 saturated heterocycles. The van der Waals surface area contributed by atoms with Crippen LogP contribution in [0.25, 0.3) is 11.0 Å². The van der Waals surface area contributed by atoms with Gasteiger partial charge in [0.1, 0.15) is 5.82 Å². The van der Waals surface area contributed by atoms with Crippen molar-refractivity contribution in [1.29, 1.82) is 0 Å². The summed E-state index contributed by atoms with van der Waals surface area (Å²) in [5.74, 6) is 1.38. The van der Waals surface area contributed by atoms with E-state index in [2.05, 4.69) is 50.5 Å². The van der Waals surface area contributed by atoms with Crippen molar-refractivity contribution in [2.75, 3.05) is 26.2 Å². The van der Waals surface area contributed by atoms with Crippen LogP contribution in [0.1, 0.15) is 34.6 Å². The average molecular weight is 377 g/mol. The summed E-state index contributed by atoms with van der Waals surface area (Å²) in [4.78, 5) is 22.7. The lowest BCUT2D eigenvalue weighted by molar-refractivity contribution is 0.0933. The van der Waals surface area contributed by atoms with E-state index in [1.165, 1.54) is 18.4 Å². The number of likely N-dealkylation sites (tertiary alicyclic amines) is 1. The highest BCUT2D eigenvalue weighted by Gasteiger charge is 2.20. The normalized spacial score (nSPS) is 17.7. The number of carbonyl (C=O) groups excluding carboxylic acids is 1. The Morgan fingerprint density at radius 1 is 1.25 bits per heavy atom. The van der Waals surface area contributed by atoms with Gasteiger partial charge in [-0.25, -0.2) is 4.98 Å². The number of fused-ring (bicyclic) bond motifs is 1. The van der Waals surface area contributed by atoms with Gasteiger partial charge in [0.25, 0.3) is 5.91 Å². The monoisotopic (exact) mass is 376 g/mol. The van der Waals surface area contributed by atoms with E-state index in [1.807, 2.05) is 25.1 Å². The Bertz CT molecular complexity index is 934. The van der Waals surface area contributed by atoms with Gasteiger partial charge in [0, 0.05) is 25.2 Å². The predicted octanol–water partition coefficient (Wildman–Crippen LogP) is 3.56. The molecule has 4 rings (SSSR count). The Kier molecular flexibility index (Phi) is 5.72. The van der Waals surface area contributed by atoms with Crippen LogP contribution < -0.4 is 5.32 Å². The molecule has 1 atom stereocenters. The van der Waals surface area contributed by atoms with E-state index in [1.54, 1.807) is 0 Å². The zero-order valence-corrected chi connectivity index (χ0v) is 16.4. The van der Waals surface area contributed by atoms with Crippen LogP contribution in [0.3, 0.4) is 0 Å². The van der Waals surface area contributed by atoms with Crippen LogP contribution in [0.2, 0.25) is 0 Å². The van der Waals surface area contributed by atoms with Crippen LogP contribution in [-0.4, -0.2) is 47.0 Å². The van der Waals surface area contributed by atoms with Gasteiger partial charge >= 0.3 is 0 Å². The number of rotatable bonds is 6. The van der Waals surface area contributed by atoms with Gasteiger partial charge in [0.15, 0.2) is 0 Å². The molecule has 1 aromatic heterocycles. The van der Waals surface area contributed by atoms with Crippen molar-refractivity contribution in [3.63, 3.8) is 0 Å². The van der Waals surface area contributed by atoms with E-state index in [4.69, 9.17) is 0 Å². The fraction of sp³-hybridized carbons (Fsp3) is 0.391. The number of nitrogens with zero attached hydrogens (tertiary/aromatic N) is 2. The van der Waals surface area contributed by atoms with E-state index in [9.17, 15) is 4.79 Å². The number of carbonyl (C=O) groups is 1. The SMILES string of the molecule is Cc1nc2ccc(C(=O)NC[C@@H]3CCCN(CCc4ccccc4)C3)cc2[nH]1. The number of benzene rings is 2. The molecule has 146 valence electrons. The minimum absolute atomic E-state index is 0.00411. The number of aromatic nitrogens is 2. The Morgan fingerprint density at radius 3 is 2.96 bits per heavy atom.